The third kappa shape index (κ3) is 6.21. The Morgan fingerprint density at radius 3 is 2.50 bits per heavy atom. The van der Waals surface area contributed by atoms with Crippen molar-refractivity contribution in [1.29, 1.82) is 0 Å². The summed E-state index contributed by atoms with van der Waals surface area (Å²) in [4.78, 5) is 0. The fourth-order valence-corrected chi connectivity index (χ4v) is 1.42. The van der Waals surface area contributed by atoms with Crippen LogP contribution >= 0.6 is 0 Å². The second-order valence-corrected chi connectivity index (χ2v) is 3.63. The lowest BCUT2D eigenvalue weighted by Gasteiger charge is -2.10. The Labute approximate surface area is 77.4 Å². The molecule has 0 aliphatic heterocycles. The van der Waals surface area contributed by atoms with Gasteiger partial charge in [0.2, 0.25) is 0 Å². The molecule has 70 valence electrons. The quantitative estimate of drug-likeness (QED) is 0.494. The molecule has 1 atom stereocenters. The van der Waals surface area contributed by atoms with Crippen molar-refractivity contribution in [1.82, 2.24) is 0 Å². The summed E-state index contributed by atoms with van der Waals surface area (Å²) < 4.78 is 0. The van der Waals surface area contributed by atoms with E-state index in [1.54, 1.807) is 0 Å². The molecule has 0 bridgehead atoms. The molecule has 12 heavy (non-hydrogen) atoms. The van der Waals surface area contributed by atoms with Gasteiger partial charge < -0.3 is 0 Å². The second-order valence-electron chi connectivity index (χ2n) is 3.63. The maximum absolute atomic E-state index is 3.90. The Hall–Kier alpha value is -0.520. The molecule has 0 nitrogen and oxygen atoms in total. The smallest absolute Gasteiger partial charge is 0.0236 e. The van der Waals surface area contributed by atoms with E-state index in [9.17, 15) is 0 Å². The summed E-state index contributed by atoms with van der Waals surface area (Å²) in [5.41, 5.74) is 1.30. The SMILES string of the molecule is C=CC(CCC)CCCC(=C)C. The highest BCUT2D eigenvalue weighted by Crippen LogP contribution is 2.16. The van der Waals surface area contributed by atoms with Gasteiger partial charge in [0, 0.05) is 0 Å². The molecule has 0 aromatic rings. The van der Waals surface area contributed by atoms with E-state index in [0.29, 0.717) is 0 Å². The van der Waals surface area contributed by atoms with E-state index in [1.165, 1.54) is 37.7 Å². The molecule has 0 heteroatoms. The molecule has 0 radical (unpaired) electrons. The van der Waals surface area contributed by atoms with Gasteiger partial charge in [-0.05, 0) is 38.5 Å². The van der Waals surface area contributed by atoms with E-state index in [0.717, 1.165) is 5.92 Å². The van der Waals surface area contributed by atoms with Crippen LogP contribution in [0.2, 0.25) is 0 Å². The minimum absolute atomic E-state index is 0.731. The molecule has 0 rings (SSSR count). The first-order chi connectivity index (χ1) is 5.70. The molecule has 0 saturated heterocycles. The highest BCUT2D eigenvalue weighted by Gasteiger charge is 2.01. The van der Waals surface area contributed by atoms with Crippen molar-refractivity contribution in [3.8, 4) is 0 Å². The Bertz CT molecular complexity index is 133. The summed E-state index contributed by atoms with van der Waals surface area (Å²) in [5, 5.41) is 0. The van der Waals surface area contributed by atoms with E-state index in [-0.39, 0.29) is 0 Å². The van der Waals surface area contributed by atoms with Crippen molar-refractivity contribution < 1.29 is 0 Å². The van der Waals surface area contributed by atoms with Crippen LogP contribution in [0.3, 0.4) is 0 Å². The van der Waals surface area contributed by atoms with Gasteiger partial charge in [-0.15, -0.1) is 13.2 Å². The van der Waals surface area contributed by atoms with Gasteiger partial charge in [-0.1, -0.05) is 25.0 Å². The van der Waals surface area contributed by atoms with Crippen LogP contribution in [0.25, 0.3) is 0 Å². The summed E-state index contributed by atoms with van der Waals surface area (Å²) in [7, 11) is 0. The molecule has 0 N–H and O–H groups in total. The second kappa shape index (κ2) is 7.15. The summed E-state index contributed by atoms with van der Waals surface area (Å²) in [6, 6.07) is 0. The summed E-state index contributed by atoms with van der Waals surface area (Å²) >= 11 is 0. The van der Waals surface area contributed by atoms with Gasteiger partial charge in [0.15, 0.2) is 0 Å². The summed E-state index contributed by atoms with van der Waals surface area (Å²) in [5.74, 6) is 0.731. The van der Waals surface area contributed by atoms with Crippen LogP contribution in [0.5, 0.6) is 0 Å². The molecule has 0 amide bonds. The first kappa shape index (κ1) is 11.5. The van der Waals surface area contributed by atoms with Crippen LogP contribution < -0.4 is 0 Å². The lowest BCUT2D eigenvalue weighted by atomic mass is 9.96. The van der Waals surface area contributed by atoms with E-state index in [2.05, 4.69) is 33.1 Å². The third-order valence-corrected chi connectivity index (χ3v) is 2.17. The molecule has 0 fully saturated rings. The first-order valence-electron chi connectivity index (χ1n) is 4.97. The third-order valence-electron chi connectivity index (χ3n) is 2.17. The summed E-state index contributed by atoms with van der Waals surface area (Å²) in [6.07, 6.45) is 8.38. The zero-order valence-corrected chi connectivity index (χ0v) is 8.60. The standard InChI is InChI=1S/C12H22/c1-5-8-12(6-2)10-7-9-11(3)4/h6,12H,2-3,5,7-10H2,1,4H3. The number of hydrogen-bond donors (Lipinski definition) is 0. The van der Waals surface area contributed by atoms with Crippen molar-refractivity contribution in [3.63, 3.8) is 0 Å². The molecule has 0 spiro atoms. The van der Waals surface area contributed by atoms with Crippen LogP contribution in [-0.2, 0) is 0 Å². The largest absolute Gasteiger partial charge is 0.103 e. The van der Waals surface area contributed by atoms with Crippen LogP contribution in [0.4, 0.5) is 0 Å². The molecule has 0 aliphatic carbocycles. The molecule has 0 aromatic heterocycles. The van der Waals surface area contributed by atoms with E-state index in [4.69, 9.17) is 0 Å². The highest BCUT2D eigenvalue weighted by molar-refractivity contribution is 4.88. The van der Waals surface area contributed by atoms with Crippen molar-refractivity contribution in [2.24, 2.45) is 5.92 Å². The van der Waals surface area contributed by atoms with Crippen LogP contribution in [0, 0.1) is 5.92 Å². The van der Waals surface area contributed by atoms with Crippen molar-refractivity contribution in [2.75, 3.05) is 0 Å². The van der Waals surface area contributed by atoms with Gasteiger partial charge in [0.1, 0.15) is 0 Å². The average Bonchev–Trinajstić information content (AvgIpc) is 2.02. The number of rotatable bonds is 7. The fourth-order valence-electron chi connectivity index (χ4n) is 1.42. The monoisotopic (exact) mass is 166 g/mol. The average molecular weight is 166 g/mol. The van der Waals surface area contributed by atoms with Crippen molar-refractivity contribution >= 4 is 0 Å². The van der Waals surface area contributed by atoms with Gasteiger partial charge in [-0.2, -0.15) is 0 Å². The molecular formula is C12H22. The molecule has 0 aromatic carbocycles. The van der Waals surface area contributed by atoms with Gasteiger partial charge in [-0.3, -0.25) is 0 Å². The zero-order valence-electron chi connectivity index (χ0n) is 8.60. The summed E-state index contributed by atoms with van der Waals surface area (Å²) in [6.45, 7) is 12.1. The van der Waals surface area contributed by atoms with Gasteiger partial charge in [0.25, 0.3) is 0 Å². The lowest BCUT2D eigenvalue weighted by molar-refractivity contribution is 0.516. The fraction of sp³-hybridized carbons (Fsp3) is 0.667. The van der Waals surface area contributed by atoms with E-state index in [1.807, 2.05) is 0 Å². The highest BCUT2D eigenvalue weighted by atomic mass is 14.1. The normalized spacial score (nSPS) is 12.5. The number of hydrogen-bond acceptors (Lipinski definition) is 0. The minimum atomic E-state index is 0.731. The lowest BCUT2D eigenvalue weighted by Crippen LogP contribution is -1.95. The predicted octanol–water partition coefficient (Wildman–Crippen LogP) is 4.34. The maximum atomic E-state index is 3.90. The van der Waals surface area contributed by atoms with Gasteiger partial charge in [-0.25, -0.2) is 0 Å². The minimum Gasteiger partial charge on any atom is -0.103 e. The number of allylic oxidation sites excluding steroid dienone is 2. The molecular weight excluding hydrogens is 144 g/mol. The Morgan fingerprint density at radius 2 is 2.08 bits per heavy atom. The van der Waals surface area contributed by atoms with Crippen LogP contribution in [0.1, 0.15) is 46.0 Å². The zero-order chi connectivity index (χ0) is 9.40. The first-order valence-corrected chi connectivity index (χ1v) is 4.97. The van der Waals surface area contributed by atoms with Crippen molar-refractivity contribution in [3.05, 3.63) is 24.8 Å². The molecule has 0 saturated carbocycles. The molecule has 1 unspecified atom stereocenters. The predicted molar refractivity (Wildman–Crippen MR) is 57.3 cm³/mol. The molecule has 0 aliphatic rings. The van der Waals surface area contributed by atoms with Crippen LogP contribution in [0.15, 0.2) is 24.8 Å². The topological polar surface area (TPSA) is 0 Å². The van der Waals surface area contributed by atoms with E-state index < -0.39 is 0 Å². The Kier molecular flexibility index (Phi) is 6.84. The van der Waals surface area contributed by atoms with Crippen LogP contribution in [-0.4, -0.2) is 0 Å². The van der Waals surface area contributed by atoms with Crippen molar-refractivity contribution in [2.45, 2.75) is 46.0 Å². The van der Waals surface area contributed by atoms with E-state index >= 15 is 0 Å². The Morgan fingerprint density at radius 1 is 1.42 bits per heavy atom. The maximum Gasteiger partial charge on any atom is -0.0236 e. The van der Waals surface area contributed by atoms with Gasteiger partial charge in [0.05, 0.1) is 0 Å². The van der Waals surface area contributed by atoms with Gasteiger partial charge >= 0.3 is 0 Å². The molecule has 0 heterocycles. The Balaban J connectivity index is 3.44.